The van der Waals surface area contributed by atoms with E-state index in [1.165, 1.54) is 11.0 Å². The Labute approximate surface area is 158 Å². The lowest BCUT2D eigenvalue weighted by molar-refractivity contribution is -0.133. The van der Waals surface area contributed by atoms with Gasteiger partial charge in [0.1, 0.15) is 6.33 Å². The first kappa shape index (κ1) is 19.0. The predicted octanol–water partition coefficient (Wildman–Crippen LogP) is -0.115. The minimum Gasteiger partial charge on any atom is -0.348 e. The molecule has 2 aromatic rings. The first-order chi connectivity index (χ1) is 13.1. The van der Waals surface area contributed by atoms with E-state index in [9.17, 15) is 9.59 Å². The van der Waals surface area contributed by atoms with Gasteiger partial charge in [-0.3, -0.25) is 14.5 Å². The SMILES string of the molecule is CN(C)C(=O)CN1CCCN(C(=O)C(c2ccccc2)n2cnnn2)CC1. The maximum absolute atomic E-state index is 13.3. The van der Waals surface area contributed by atoms with Gasteiger partial charge in [0, 0.05) is 40.3 Å². The molecule has 1 fully saturated rings. The lowest BCUT2D eigenvalue weighted by Gasteiger charge is -2.26. The maximum Gasteiger partial charge on any atom is 0.252 e. The van der Waals surface area contributed by atoms with Gasteiger partial charge < -0.3 is 9.80 Å². The fraction of sp³-hybridized carbons (Fsp3) is 0.500. The second-order valence-electron chi connectivity index (χ2n) is 6.85. The number of amides is 2. The lowest BCUT2D eigenvalue weighted by atomic mass is 10.1. The van der Waals surface area contributed by atoms with Gasteiger partial charge in [0.05, 0.1) is 6.54 Å². The Morgan fingerprint density at radius 2 is 1.89 bits per heavy atom. The van der Waals surface area contributed by atoms with Crippen LogP contribution in [0.15, 0.2) is 36.7 Å². The summed E-state index contributed by atoms with van der Waals surface area (Å²) in [6.07, 6.45) is 2.29. The van der Waals surface area contributed by atoms with E-state index >= 15 is 0 Å². The monoisotopic (exact) mass is 371 g/mol. The van der Waals surface area contributed by atoms with E-state index < -0.39 is 6.04 Å². The second kappa shape index (κ2) is 8.72. The third-order valence-electron chi connectivity index (χ3n) is 4.74. The summed E-state index contributed by atoms with van der Waals surface area (Å²) in [4.78, 5) is 30.8. The predicted molar refractivity (Wildman–Crippen MR) is 98.7 cm³/mol. The molecular weight excluding hydrogens is 346 g/mol. The quantitative estimate of drug-likeness (QED) is 0.729. The van der Waals surface area contributed by atoms with Crippen LogP contribution in [0, 0.1) is 0 Å². The zero-order valence-electron chi connectivity index (χ0n) is 15.7. The van der Waals surface area contributed by atoms with E-state index in [1.807, 2.05) is 35.2 Å². The van der Waals surface area contributed by atoms with Crippen LogP contribution in [-0.2, 0) is 9.59 Å². The van der Waals surface area contributed by atoms with E-state index in [0.717, 1.165) is 18.5 Å². The topological polar surface area (TPSA) is 87.5 Å². The van der Waals surface area contributed by atoms with Crippen LogP contribution in [0.3, 0.4) is 0 Å². The molecule has 1 aliphatic heterocycles. The van der Waals surface area contributed by atoms with Gasteiger partial charge >= 0.3 is 0 Å². The molecule has 1 unspecified atom stereocenters. The smallest absolute Gasteiger partial charge is 0.252 e. The first-order valence-electron chi connectivity index (χ1n) is 9.05. The van der Waals surface area contributed by atoms with Gasteiger partial charge in [-0.25, -0.2) is 4.68 Å². The Kier molecular flexibility index (Phi) is 6.12. The van der Waals surface area contributed by atoms with Crippen LogP contribution in [0.1, 0.15) is 18.0 Å². The lowest BCUT2D eigenvalue weighted by Crippen LogP contribution is -2.42. The zero-order chi connectivity index (χ0) is 19.2. The third kappa shape index (κ3) is 4.68. The number of nitrogens with zero attached hydrogens (tertiary/aromatic N) is 7. The van der Waals surface area contributed by atoms with Crippen molar-refractivity contribution in [2.75, 3.05) is 46.8 Å². The normalized spacial score (nSPS) is 16.6. The Balaban J connectivity index is 1.72. The van der Waals surface area contributed by atoms with E-state index in [-0.39, 0.29) is 11.8 Å². The molecule has 3 rings (SSSR count). The highest BCUT2D eigenvalue weighted by atomic mass is 16.2. The van der Waals surface area contributed by atoms with Crippen molar-refractivity contribution < 1.29 is 9.59 Å². The van der Waals surface area contributed by atoms with Crippen LogP contribution in [-0.4, -0.2) is 93.5 Å². The summed E-state index contributed by atoms with van der Waals surface area (Å²) in [5, 5.41) is 11.3. The number of tetrazole rings is 1. The molecule has 27 heavy (non-hydrogen) atoms. The van der Waals surface area contributed by atoms with Crippen LogP contribution < -0.4 is 0 Å². The van der Waals surface area contributed by atoms with Crippen LogP contribution in [0.25, 0.3) is 0 Å². The first-order valence-corrected chi connectivity index (χ1v) is 9.05. The molecule has 0 radical (unpaired) electrons. The highest BCUT2D eigenvalue weighted by Crippen LogP contribution is 2.20. The molecule has 0 spiro atoms. The highest BCUT2D eigenvalue weighted by Gasteiger charge is 2.30. The van der Waals surface area contributed by atoms with Crippen LogP contribution in [0.4, 0.5) is 0 Å². The minimum absolute atomic E-state index is 0.0331. The van der Waals surface area contributed by atoms with Crippen molar-refractivity contribution in [1.82, 2.24) is 34.9 Å². The molecule has 2 amide bonds. The molecule has 0 aliphatic carbocycles. The average molecular weight is 371 g/mol. The van der Waals surface area contributed by atoms with Crippen molar-refractivity contribution in [1.29, 1.82) is 0 Å². The standard InChI is InChI=1S/C18H25N7O2/c1-22(2)16(26)13-23-9-6-10-24(12-11-23)18(27)17(25-14-19-20-21-25)15-7-4-3-5-8-15/h3-5,7-8,14,17H,6,9-13H2,1-2H3. The molecule has 0 saturated carbocycles. The average Bonchev–Trinajstić information content (AvgIpc) is 3.08. The number of likely N-dealkylation sites (N-methyl/N-ethyl adjacent to an activating group) is 1. The van der Waals surface area contributed by atoms with Crippen molar-refractivity contribution in [2.24, 2.45) is 0 Å². The molecule has 1 atom stereocenters. The van der Waals surface area contributed by atoms with Crippen molar-refractivity contribution in [3.63, 3.8) is 0 Å². The minimum atomic E-state index is -0.587. The van der Waals surface area contributed by atoms with E-state index in [4.69, 9.17) is 0 Å². The van der Waals surface area contributed by atoms with Crippen LogP contribution in [0.2, 0.25) is 0 Å². The largest absolute Gasteiger partial charge is 0.348 e. The fourth-order valence-electron chi connectivity index (χ4n) is 3.19. The molecule has 2 heterocycles. The Morgan fingerprint density at radius 1 is 1.11 bits per heavy atom. The van der Waals surface area contributed by atoms with Crippen molar-refractivity contribution in [2.45, 2.75) is 12.5 Å². The van der Waals surface area contributed by atoms with Crippen molar-refractivity contribution >= 4 is 11.8 Å². The summed E-state index contributed by atoms with van der Waals surface area (Å²) in [6, 6.07) is 8.94. The molecule has 0 bridgehead atoms. The van der Waals surface area contributed by atoms with Crippen LogP contribution in [0.5, 0.6) is 0 Å². The number of hydrogen-bond donors (Lipinski definition) is 0. The fourth-order valence-corrected chi connectivity index (χ4v) is 3.19. The molecule has 1 aromatic heterocycles. The summed E-state index contributed by atoms with van der Waals surface area (Å²) in [6.45, 7) is 3.07. The van der Waals surface area contributed by atoms with Gasteiger partial charge in [0.15, 0.2) is 6.04 Å². The summed E-state index contributed by atoms with van der Waals surface area (Å²) in [5.41, 5.74) is 0.846. The van der Waals surface area contributed by atoms with Gasteiger partial charge in [-0.2, -0.15) is 0 Å². The molecule has 1 aliphatic rings. The van der Waals surface area contributed by atoms with Crippen LogP contribution >= 0.6 is 0 Å². The Hall–Kier alpha value is -2.81. The Morgan fingerprint density at radius 3 is 2.56 bits per heavy atom. The number of rotatable bonds is 5. The van der Waals surface area contributed by atoms with Gasteiger partial charge in [0.25, 0.3) is 5.91 Å². The van der Waals surface area contributed by atoms with Gasteiger partial charge in [0.2, 0.25) is 5.91 Å². The van der Waals surface area contributed by atoms with E-state index in [2.05, 4.69) is 20.4 Å². The molecule has 9 nitrogen and oxygen atoms in total. The highest BCUT2D eigenvalue weighted by molar-refractivity contribution is 5.83. The second-order valence-corrected chi connectivity index (χ2v) is 6.85. The molecule has 0 N–H and O–H groups in total. The molecular formula is C18H25N7O2. The van der Waals surface area contributed by atoms with Crippen molar-refractivity contribution in [3.8, 4) is 0 Å². The number of benzene rings is 1. The number of carbonyl (C=O) groups excluding carboxylic acids is 2. The third-order valence-corrected chi connectivity index (χ3v) is 4.74. The molecule has 1 aromatic carbocycles. The Bertz CT molecular complexity index is 748. The molecule has 9 heteroatoms. The van der Waals surface area contributed by atoms with Gasteiger partial charge in [-0.1, -0.05) is 30.3 Å². The number of carbonyl (C=O) groups is 2. The van der Waals surface area contributed by atoms with E-state index in [1.54, 1.807) is 19.0 Å². The molecule has 1 saturated heterocycles. The van der Waals surface area contributed by atoms with Gasteiger partial charge in [-0.05, 0) is 22.4 Å². The zero-order valence-corrected chi connectivity index (χ0v) is 15.7. The number of aromatic nitrogens is 4. The van der Waals surface area contributed by atoms with Crippen molar-refractivity contribution in [3.05, 3.63) is 42.2 Å². The summed E-state index contributed by atoms with van der Waals surface area (Å²) in [5.74, 6) is 0.0416. The summed E-state index contributed by atoms with van der Waals surface area (Å²) >= 11 is 0. The summed E-state index contributed by atoms with van der Waals surface area (Å²) < 4.78 is 1.50. The molecule has 144 valence electrons. The van der Waals surface area contributed by atoms with Gasteiger partial charge in [-0.15, -0.1) is 5.10 Å². The number of hydrogen-bond acceptors (Lipinski definition) is 6. The summed E-state index contributed by atoms with van der Waals surface area (Å²) in [7, 11) is 3.51. The van der Waals surface area contributed by atoms with E-state index in [0.29, 0.717) is 26.2 Å². The maximum atomic E-state index is 13.3.